The van der Waals surface area contributed by atoms with Gasteiger partial charge in [-0.2, -0.15) is 13.2 Å². The molecule has 1 N–H and O–H groups in total. The molecule has 0 saturated carbocycles. The molecule has 0 fully saturated rings. The fourth-order valence-electron chi connectivity index (χ4n) is 0.737. The monoisotopic (exact) mass is 205 g/mol. The lowest BCUT2D eigenvalue weighted by Crippen LogP contribution is -2.34. The average Bonchev–Trinajstić information content (AvgIpc) is 2.14. The van der Waals surface area contributed by atoms with Crippen LogP contribution in [0.1, 0.15) is 0 Å². The van der Waals surface area contributed by atoms with Crippen molar-refractivity contribution < 1.29 is 23.0 Å². The smallest absolute Gasteiger partial charge is 0.417 e. The molecule has 5 heteroatoms. The Bertz CT molecular complexity index is 271. The van der Waals surface area contributed by atoms with Gasteiger partial charge in [0.2, 0.25) is 0 Å². The maximum Gasteiger partial charge on any atom is 0.417 e. The van der Waals surface area contributed by atoms with Gasteiger partial charge in [0.05, 0.1) is 0 Å². The minimum Gasteiger partial charge on any atom is -0.491 e. The van der Waals surface area contributed by atoms with Crippen LogP contribution in [0.5, 0.6) is 5.75 Å². The largest absolute Gasteiger partial charge is 0.491 e. The molecule has 1 radical (unpaired) electrons. The second kappa shape index (κ2) is 4.32. The van der Waals surface area contributed by atoms with E-state index in [-0.39, 0.29) is 5.75 Å². The minimum absolute atomic E-state index is 0.270. The van der Waals surface area contributed by atoms with Crippen LogP contribution in [0.25, 0.3) is 0 Å². The van der Waals surface area contributed by atoms with Crippen molar-refractivity contribution in [1.82, 2.24) is 0 Å². The molecule has 0 spiro atoms. The van der Waals surface area contributed by atoms with E-state index in [9.17, 15) is 13.2 Å². The molecule has 14 heavy (non-hydrogen) atoms. The highest BCUT2D eigenvalue weighted by Gasteiger charge is 2.38. The number of halogens is 3. The maximum atomic E-state index is 11.8. The predicted octanol–water partition coefficient (Wildman–Crippen LogP) is 1.79. The summed E-state index contributed by atoms with van der Waals surface area (Å²) in [6, 6.07) is 8.63. The molecule has 0 amide bonds. The standard InChI is InChI=1S/C9H8F3O2/c10-9(11,12)8(13)6-14-7-4-2-1-3-5-7/h2-5,8,13H,6H2. The fraction of sp³-hybridized carbons (Fsp3) is 0.333. The molecule has 0 aliphatic heterocycles. The number of benzene rings is 1. The van der Waals surface area contributed by atoms with Crippen molar-refractivity contribution in [2.75, 3.05) is 6.61 Å². The van der Waals surface area contributed by atoms with Crippen molar-refractivity contribution in [3.05, 3.63) is 30.3 Å². The van der Waals surface area contributed by atoms with Crippen LogP contribution in [-0.4, -0.2) is 24.0 Å². The third-order valence-electron chi connectivity index (χ3n) is 1.47. The molecule has 1 unspecified atom stereocenters. The summed E-state index contributed by atoms with van der Waals surface area (Å²) in [5.74, 6) is 0.270. The number of hydrogen-bond acceptors (Lipinski definition) is 2. The van der Waals surface area contributed by atoms with Crippen LogP contribution in [-0.2, 0) is 0 Å². The summed E-state index contributed by atoms with van der Waals surface area (Å²) in [6.45, 7) is -0.798. The van der Waals surface area contributed by atoms with Crippen LogP contribution in [0.15, 0.2) is 24.3 Å². The van der Waals surface area contributed by atoms with E-state index in [0.29, 0.717) is 0 Å². The van der Waals surface area contributed by atoms with Gasteiger partial charge < -0.3 is 9.84 Å². The number of hydrogen-bond donors (Lipinski definition) is 1. The summed E-state index contributed by atoms with van der Waals surface area (Å²) < 4.78 is 40.2. The Balaban J connectivity index is 2.42. The molecule has 0 aromatic heterocycles. The molecule has 1 rings (SSSR count). The first-order chi connectivity index (χ1) is 6.50. The zero-order valence-electron chi connectivity index (χ0n) is 7.08. The van der Waals surface area contributed by atoms with Gasteiger partial charge in [-0.15, -0.1) is 0 Å². The van der Waals surface area contributed by atoms with E-state index < -0.39 is 18.9 Å². The van der Waals surface area contributed by atoms with Gasteiger partial charge in [0.25, 0.3) is 0 Å². The highest BCUT2D eigenvalue weighted by Crippen LogP contribution is 2.20. The van der Waals surface area contributed by atoms with Crippen LogP contribution >= 0.6 is 0 Å². The van der Waals surface area contributed by atoms with E-state index in [1.54, 1.807) is 0 Å². The van der Waals surface area contributed by atoms with E-state index in [1.807, 2.05) is 0 Å². The van der Waals surface area contributed by atoms with Gasteiger partial charge in [-0.25, -0.2) is 0 Å². The van der Waals surface area contributed by atoms with Gasteiger partial charge in [-0.1, -0.05) is 12.1 Å². The van der Waals surface area contributed by atoms with Gasteiger partial charge in [0, 0.05) is 0 Å². The number of ether oxygens (including phenoxy) is 1. The van der Waals surface area contributed by atoms with Gasteiger partial charge in [0.1, 0.15) is 12.4 Å². The Morgan fingerprint density at radius 1 is 1.36 bits per heavy atom. The van der Waals surface area contributed by atoms with Crippen molar-refractivity contribution in [1.29, 1.82) is 0 Å². The average molecular weight is 205 g/mol. The highest BCUT2D eigenvalue weighted by atomic mass is 19.4. The van der Waals surface area contributed by atoms with Crippen molar-refractivity contribution in [3.8, 4) is 5.75 Å². The van der Waals surface area contributed by atoms with E-state index in [1.165, 1.54) is 24.3 Å². The molecule has 0 saturated heterocycles. The zero-order chi connectivity index (χ0) is 10.6. The number of aliphatic hydroxyl groups is 1. The molecule has 0 heterocycles. The Morgan fingerprint density at radius 3 is 2.43 bits per heavy atom. The third kappa shape index (κ3) is 3.26. The summed E-state index contributed by atoms with van der Waals surface area (Å²) in [5.41, 5.74) is 0. The molecular weight excluding hydrogens is 197 g/mol. The van der Waals surface area contributed by atoms with E-state index in [4.69, 9.17) is 9.84 Å². The first-order valence-corrected chi connectivity index (χ1v) is 3.84. The maximum absolute atomic E-state index is 11.8. The molecule has 0 aliphatic carbocycles. The quantitative estimate of drug-likeness (QED) is 0.815. The van der Waals surface area contributed by atoms with Crippen molar-refractivity contribution in [3.63, 3.8) is 0 Å². The highest BCUT2D eigenvalue weighted by molar-refractivity contribution is 5.20. The second-order valence-electron chi connectivity index (χ2n) is 2.60. The van der Waals surface area contributed by atoms with Gasteiger partial charge in [-0.05, 0) is 18.2 Å². The van der Waals surface area contributed by atoms with E-state index in [2.05, 4.69) is 6.07 Å². The molecule has 0 aliphatic rings. The van der Waals surface area contributed by atoms with Crippen LogP contribution in [0.3, 0.4) is 0 Å². The fourth-order valence-corrected chi connectivity index (χ4v) is 0.737. The van der Waals surface area contributed by atoms with Gasteiger partial charge >= 0.3 is 6.18 Å². The number of alkyl halides is 3. The van der Waals surface area contributed by atoms with Crippen LogP contribution in [0.4, 0.5) is 13.2 Å². The molecular formula is C9H8F3O2. The first-order valence-electron chi connectivity index (χ1n) is 3.84. The van der Waals surface area contributed by atoms with E-state index >= 15 is 0 Å². The molecule has 1 atom stereocenters. The van der Waals surface area contributed by atoms with Gasteiger partial charge in [-0.3, -0.25) is 0 Å². The third-order valence-corrected chi connectivity index (χ3v) is 1.47. The van der Waals surface area contributed by atoms with Crippen molar-refractivity contribution >= 4 is 0 Å². The van der Waals surface area contributed by atoms with Crippen LogP contribution in [0.2, 0.25) is 0 Å². The topological polar surface area (TPSA) is 29.5 Å². The Morgan fingerprint density at radius 2 is 1.93 bits per heavy atom. The van der Waals surface area contributed by atoms with E-state index in [0.717, 1.165) is 0 Å². The molecule has 1 aromatic rings. The summed E-state index contributed by atoms with van der Waals surface area (Å²) in [4.78, 5) is 0. The normalized spacial score (nSPS) is 13.7. The predicted molar refractivity (Wildman–Crippen MR) is 42.8 cm³/mol. The first kappa shape index (κ1) is 10.8. The van der Waals surface area contributed by atoms with Crippen LogP contribution in [0, 0.1) is 6.07 Å². The summed E-state index contributed by atoms with van der Waals surface area (Å²) in [5, 5.41) is 8.59. The Labute approximate surface area is 78.9 Å². The summed E-state index contributed by atoms with van der Waals surface area (Å²) in [6.07, 6.45) is -7.09. The Kier molecular flexibility index (Phi) is 3.35. The molecule has 77 valence electrons. The molecule has 1 aromatic carbocycles. The lowest BCUT2D eigenvalue weighted by atomic mass is 10.3. The summed E-state index contributed by atoms with van der Waals surface area (Å²) >= 11 is 0. The Hall–Kier alpha value is -1.23. The second-order valence-corrected chi connectivity index (χ2v) is 2.60. The SMILES string of the molecule is OC(COc1cc[c]cc1)C(F)(F)F. The van der Waals surface area contributed by atoms with Gasteiger partial charge in [0.15, 0.2) is 6.10 Å². The van der Waals surface area contributed by atoms with Crippen molar-refractivity contribution in [2.45, 2.75) is 12.3 Å². The lowest BCUT2D eigenvalue weighted by Gasteiger charge is -2.14. The molecule has 0 bridgehead atoms. The minimum atomic E-state index is -4.64. The number of aliphatic hydroxyl groups excluding tert-OH is 1. The summed E-state index contributed by atoms with van der Waals surface area (Å²) in [7, 11) is 0. The molecule has 2 nitrogen and oxygen atoms in total. The van der Waals surface area contributed by atoms with Crippen molar-refractivity contribution in [2.24, 2.45) is 0 Å². The lowest BCUT2D eigenvalue weighted by molar-refractivity contribution is -0.210. The zero-order valence-corrected chi connectivity index (χ0v) is 7.08. The van der Waals surface area contributed by atoms with Crippen LogP contribution < -0.4 is 4.74 Å². The number of rotatable bonds is 3.